The van der Waals surface area contributed by atoms with Crippen molar-refractivity contribution in [3.8, 4) is 0 Å². The van der Waals surface area contributed by atoms with Crippen LogP contribution in [0.3, 0.4) is 0 Å². The molecule has 4 heteroatoms. The molecule has 0 aromatic heterocycles. The second-order valence-corrected chi connectivity index (χ2v) is 9.26. The molecule has 4 N–H and O–H groups in total. The summed E-state index contributed by atoms with van der Waals surface area (Å²) in [4.78, 5) is 13.4. The van der Waals surface area contributed by atoms with Gasteiger partial charge in [-0.25, -0.2) is 0 Å². The number of anilines is 2. The van der Waals surface area contributed by atoms with Gasteiger partial charge in [0.1, 0.15) is 0 Å². The minimum Gasteiger partial charge on any atom is -0.397 e. The standard InChI is InChI=1S/C16H31NO.C14H14N2/c1-2-3-4-5-6-7-8-9-10-11-14-17-15-12-13-16(17)18;15-13-8-4-7-12(14(13)16)10-9-11-5-2-1-3-6-11/h2-15H2,1H3;1-10H,15-16H2. The van der Waals surface area contributed by atoms with Gasteiger partial charge < -0.3 is 16.4 Å². The van der Waals surface area contributed by atoms with E-state index in [1.165, 1.54) is 64.2 Å². The van der Waals surface area contributed by atoms with Gasteiger partial charge in [-0.3, -0.25) is 4.79 Å². The molecule has 1 saturated heterocycles. The summed E-state index contributed by atoms with van der Waals surface area (Å²) >= 11 is 0. The van der Waals surface area contributed by atoms with E-state index in [1.54, 1.807) is 6.07 Å². The van der Waals surface area contributed by atoms with Gasteiger partial charge in [0.15, 0.2) is 0 Å². The van der Waals surface area contributed by atoms with Crippen molar-refractivity contribution in [2.45, 2.75) is 84.0 Å². The fraction of sp³-hybridized carbons (Fsp3) is 0.500. The molecule has 0 spiro atoms. The zero-order chi connectivity index (χ0) is 24.4. The molecule has 1 fully saturated rings. The first-order chi connectivity index (χ1) is 16.6. The van der Waals surface area contributed by atoms with Crippen LogP contribution in [0, 0.1) is 0 Å². The summed E-state index contributed by atoms with van der Waals surface area (Å²) in [6.07, 6.45) is 19.6. The predicted octanol–water partition coefficient (Wildman–Crippen LogP) is 7.55. The number of nitrogens with two attached hydrogens (primary N) is 2. The maximum absolute atomic E-state index is 11.4. The van der Waals surface area contributed by atoms with Crippen LogP contribution in [-0.2, 0) is 4.79 Å². The number of rotatable bonds is 13. The van der Waals surface area contributed by atoms with Gasteiger partial charge in [-0.2, -0.15) is 0 Å². The first-order valence-corrected chi connectivity index (χ1v) is 13.3. The van der Waals surface area contributed by atoms with Crippen molar-refractivity contribution in [1.29, 1.82) is 0 Å². The van der Waals surface area contributed by atoms with Crippen molar-refractivity contribution in [1.82, 2.24) is 4.90 Å². The molecule has 1 aliphatic rings. The number of likely N-dealkylation sites (tertiary alicyclic amines) is 1. The van der Waals surface area contributed by atoms with E-state index in [4.69, 9.17) is 11.5 Å². The second-order valence-electron chi connectivity index (χ2n) is 9.26. The molecule has 0 atom stereocenters. The van der Waals surface area contributed by atoms with Crippen LogP contribution in [0.4, 0.5) is 11.4 Å². The highest BCUT2D eigenvalue weighted by Crippen LogP contribution is 2.21. The highest BCUT2D eigenvalue weighted by atomic mass is 16.2. The van der Waals surface area contributed by atoms with Crippen molar-refractivity contribution in [2.75, 3.05) is 24.6 Å². The summed E-state index contributed by atoms with van der Waals surface area (Å²) in [6.45, 7) is 4.29. The van der Waals surface area contributed by atoms with E-state index in [0.717, 1.165) is 37.1 Å². The number of nitrogens with zero attached hydrogens (tertiary/aromatic N) is 1. The lowest BCUT2D eigenvalue weighted by atomic mass is 10.1. The Bertz CT molecular complexity index is 847. The Morgan fingerprint density at radius 2 is 1.44 bits per heavy atom. The van der Waals surface area contributed by atoms with E-state index in [1.807, 2.05) is 59.5 Å². The second kappa shape index (κ2) is 16.8. The molecule has 1 heterocycles. The molecular weight excluding hydrogens is 418 g/mol. The number of benzene rings is 2. The van der Waals surface area contributed by atoms with Crippen LogP contribution in [0.25, 0.3) is 12.2 Å². The summed E-state index contributed by atoms with van der Waals surface area (Å²) < 4.78 is 0. The van der Waals surface area contributed by atoms with Crippen LogP contribution in [0.5, 0.6) is 0 Å². The van der Waals surface area contributed by atoms with E-state index in [9.17, 15) is 4.79 Å². The third kappa shape index (κ3) is 10.9. The van der Waals surface area contributed by atoms with Gasteiger partial charge >= 0.3 is 0 Å². The van der Waals surface area contributed by atoms with Crippen molar-refractivity contribution < 1.29 is 4.79 Å². The number of carbonyl (C=O) groups excluding carboxylic acids is 1. The highest BCUT2D eigenvalue weighted by molar-refractivity contribution is 5.81. The first-order valence-electron chi connectivity index (χ1n) is 13.3. The lowest BCUT2D eigenvalue weighted by Crippen LogP contribution is -2.25. The number of hydrogen-bond acceptors (Lipinski definition) is 3. The number of unbranched alkanes of at least 4 members (excludes halogenated alkanes) is 9. The van der Waals surface area contributed by atoms with Crippen LogP contribution in [-0.4, -0.2) is 23.9 Å². The van der Waals surface area contributed by atoms with E-state index >= 15 is 0 Å². The molecule has 34 heavy (non-hydrogen) atoms. The Kier molecular flexibility index (Phi) is 13.6. The molecule has 1 aliphatic heterocycles. The zero-order valence-corrected chi connectivity index (χ0v) is 21.2. The average molecular weight is 464 g/mol. The van der Waals surface area contributed by atoms with E-state index in [2.05, 4.69) is 6.92 Å². The molecule has 0 saturated carbocycles. The van der Waals surface area contributed by atoms with Gasteiger partial charge in [0.25, 0.3) is 0 Å². The number of nitrogen functional groups attached to an aromatic ring is 2. The number of carbonyl (C=O) groups is 1. The van der Waals surface area contributed by atoms with Gasteiger partial charge in [-0.1, -0.05) is 119 Å². The summed E-state index contributed by atoms with van der Waals surface area (Å²) in [5.41, 5.74) is 14.9. The maximum Gasteiger partial charge on any atom is 0.222 e. The monoisotopic (exact) mass is 463 g/mol. The minimum atomic E-state index is 0.380. The van der Waals surface area contributed by atoms with Crippen molar-refractivity contribution >= 4 is 29.4 Å². The van der Waals surface area contributed by atoms with Crippen molar-refractivity contribution in [2.24, 2.45) is 0 Å². The average Bonchev–Trinajstić information content (AvgIpc) is 3.27. The fourth-order valence-electron chi connectivity index (χ4n) is 4.23. The molecular formula is C30H45N3O. The first kappa shape index (κ1) is 27.5. The summed E-state index contributed by atoms with van der Waals surface area (Å²) in [6, 6.07) is 15.7. The van der Waals surface area contributed by atoms with Gasteiger partial charge in [0.2, 0.25) is 5.91 Å². The predicted molar refractivity (Wildman–Crippen MR) is 148 cm³/mol. The zero-order valence-electron chi connectivity index (χ0n) is 21.2. The molecule has 0 bridgehead atoms. The summed E-state index contributed by atoms with van der Waals surface area (Å²) in [5.74, 6) is 0.380. The lowest BCUT2D eigenvalue weighted by molar-refractivity contribution is -0.127. The Morgan fingerprint density at radius 3 is 2.06 bits per heavy atom. The molecule has 3 rings (SSSR count). The molecule has 4 nitrogen and oxygen atoms in total. The molecule has 2 aromatic rings. The van der Waals surface area contributed by atoms with Crippen molar-refractivity contribution in [3.05, 3.63) is 59.7 Å². The summed E-state index contributed by atoms with van der Waals surface area (Å²) in [5, 5.41) is 0. The van der Waals surface area contributed by atoms with Crippen LogP contribution < -0.4 is 11.5 Å². The Hall–Kier alpha value is -2.75. The number of para-hydroxylation sites is 1. The minimum absolute atomic E-state index is 0.380. The van der Waals surface area contributed by atoms with E-state index < -0.39 is 0 Å². The Balaban J connectivity index is 0.000000241. The SMILES string of the molecule is CCCCCCCCCCCCN1CCCC1=O.Nc1cccc(C=Cc2ccccc2)c1N. The fourth-order valence-corrected chi connectivity index (χ4v) is 4.23. The van der Waals surface area contributed by atoms with Gasteiger partial charge in [-0.05, 0) is 30.0 Å². The highest BCUT2D eigenvalue weighted by Gasteiger charge is 2.18. The number of amides is 1. The lowest BCUT2D eigenvalue weighted by Gasteiger charge is -2.14. The van der Waals surface area contributed by atoms with Crippen LogP contribution in [0.2, 0.25) is 0 Å². The normalized spacial score (nSPS) is 13.3. The van der Waals surface area contributed by atoms with E-state index in [-0.39, 0.29) is 0 Å². The molecule has 0 aliphatic carbocycles. The molecule has 2 aromatic carbocycles. The topological polar surface area (TPSA) is 72.3 Å². The van der Waals surface area contributed by atoms with Gasteiger partial charge in [0, 0.05) is 19.5 Å². The van der Waals surface area contributed by atoms with Crippen LogP contribution in [0.1, 0.15) is 95.1 Å². The van der Waals surface area contributed by atoms with Crippen LogP contribution in [0.15, 0.2) is 48.5 Å². The third-order valence-corrected chi connectivity index (χ3v) is 6.38. The number of hydrogen-bond donors (Lipinski definition) is 2. The molecule has 0 unspecified atom stereocenters. The van der Waals surface area contributed by atoms with E-state index in [0.29, 0.717) is 17.3 Å². The molecule has 186 valence electrons. The molecule has 1 amide bonds. The smallest absolute Gasteiger partial charge is 0.222 e. The third-order valence-electron chi connectivity index (χ3n) is 6.38. The Morgan fingerprint density at radius 1 is 0.794 bits per heavy atom. The maximum atomic E-state index is 11.4. The Labute approximate surface area is 207 Å². The summed E-state index contributed by atoms with van der Waals surface area (Å²) in [7, 11) is 0. The molecule has 0 radical (unpaired) electrons. The van der Waals surface area contributed by atoms with Crippen molar-refractivity contribution in [3.63, 3.8) is 0 Å². The van der Waals surface area contributed by atoms with Gasteiger partial charge in [-0.15, -0.1) is 0 Å². The van der Waals surface area contributed by atoms with Crippen LogP contribution >= 0.6 is 0 Å². The van der Waals surface area contributed by atoms with Gasteiger partial charge in [0.05, 0.1) is 11.4 Å². The quantitative estimate of drug-likeness (QED) is 0.183. The largest absolute Gasteiger partial charge is 0.397 e.